The van der Waals surface area contributed by atoms with Crippen LogP contribution >= 0.6 is 0 Å². The molecule has 1 rings (SSSR count). The van der Waals surface area contributed by atoms with Crippen LogP contribution in [0, 0.1) is 5.92 Å². The highest BCUT2D eigenvalue weighted by Crippen LogP contribution is 2.26. The van der Waals surface area contributed by atoms with E-state index >= 15 is 0 Å². The monoisotopic (exact) mass is 268 g/mol. The molecule has 112 valence electrons. The molecule has 0 aromatic heterocycles. The topological polar surface area (TPSA) is 32.3 Å². The van der Waals surface area contributed by atoms with Crippen LogP contribution in [0.5, 0.6) is 0 Å². The smallest absolute Gasteiger partial charge is 0.317 e. The number of hydrogen-bond acceptors (Lipinski definition) is 1. The first-order valence-corrected chi connectivity index (χ1v) is 8.21. The maximum atomic E-state index is 12.2. The summed E-state index contributed by atoms with van der Waals surface area (Å²) in [6.07, 6.45) is 11.3. The number of nitrogens with one attached hydrogen (secondary N) is 1. The van der Waals surface area contributed by atoms with Gasteiger partial charge in [-0.2, -0.15) is 0 Å². The SMILES string of the molecule is CCCC(CCC)N(CC1CCCCC1)C(=O)NC. The summed E-state index contributed by atoms with van der Waals surface area (Å²) in [6, 6.07) is 0.550. The predicted octanol–water partition coefficient (Wildman–Crippen LogP) is 4.18. The van der Waals surface area contributed by atoms with Crippen molar-refractivity contribution in [3.05, 3.63) is 0 Å². The van der Waals surface area contributed by atoms with E-state index in [1.807, 2.05) is 0 Å². The van der Waals surface area contributed by atoms with Crippen LogP contribution in [-0.2, 0) is 0 Å². The summed E-state index contributed by atoms with van der Waals surface area (Å²) in [7, 11) is 1.76. The Kier molecular flexibility index (Phi) is 7.92. The molecule has 0 unspecified atom stereocenters. The highest BCUT2D eigenvalue weighted by Gasteiger charge is 2.25. The summed E-state index contributed by atoms with van der Waals surface area (Å²) in [5.41, 5.74) is 0. The van der Waals surface area contributed by atoms with Crippen molar-refractivity contribution in [2.24, 2.45) is 5.92 Å². The second kappa shape index (κ2) is 9.22. The Bertz CT molecular complexity index is 243. The van der Waals surface area contributed by atoms with Crippen molar-refractivity contribution in [1.82, 2.24) is 10.2 Å². The molecule has 0 saturated heterocycles. The highest BCUT2D eigenvalue weighted by molar-refractivity contribution is 5.74. The molecule has 1 aliphatic carbocycles. The highest BCUT2D eigenvalue weighted by atomic mass is 16.2. The number of urea groups is 1. The van der Waals surface area contributed by atoms with Gasteiger partial charge in [-0.3, -0.25) is 0 Å². The standard InChI is InChI=1S/C16H32N2O/c1-4-9-15(10-5-2)18(16(19)17-3)13-14-11-7-6-8-12-14/h14-15H,4-13H2,1-3H3,(H,17,19). The number of nitrogens with zero attached hydrogens (tertiary/aromatic N) is 1. The number of carbonyl (C=O) groups is 1. The predicted molar refractivity (Wildman–Crippen MR) is 81.3 cm³/mol. The molecule has 1 fully saturated rings. The third kappa shape index (κ3) is 5.42. The van der Waals surface area contributed by atoms with Gasteiger partial charge in [0.25, 0.3) is 0 Å². The van der Waals surface area contributed by atoms with Gasteiger partial charge in [0, 0.05) is 19.6 Å². The normalized spacial score (nSPS) is 16.6. The van der Waals surface area contributed by atoms with Crippen LogP contribution in [0.2, 0.25) is 0 Å². The van der Waals surface area contributed by atoms with E-state index in [-0.39, 0.29) is 6.03 Å². The summed E-state index contributed by atoms with van der Waals surface area (Å²) in [4.78, 5) is 14.3. The van der Waals surface area contributed by atoms with Crippen molar-refractivity contribution in [1.29, 1.82) is 0 Å². The number of carbonyl (C=O) groups excluding carboxylic acids is 1. The van der Waals surface area contributed by atoms with Crippen molar-refractivity contribution >= 4 is 6.03 Å². The van der Waals surface area contributed by atoms with E-state index in [1.165, 1.54) is 32.1 Å². The lowest BCUT2D eigenvalue weighted by molar-refractivity contribution is 0.143. The molecule has 0 bridgehead atoms. The van der Waals surface area contributed by atoms with E-state index in [2.05, 4.69) is 24.1 Å². The van der Waals surface area contributed by atoms with Gasteiger partial charge in [0.2, 0.25) is 0 Å². The first kappa shape index (κ1) is 16.3. The van der Waals surface area contributed by atoms with E-state index in [1.54, 1.807) is 7.05 Å². The Balaban J connectivity index is 2.64. The van der Waals surface area contributed by atoms with Gasteiger partial charge in [-0.1, -0.05) is 46.0 Å². The zero-order valence-corrected chi connectivity index (χ0v) is 13.1. The quantitative estimate of drug-likeness (QED) is 0.738. The number of hydrogen-bond donors (Lipinski definition) is 1. The van der Waals surface area contributed by atoms with Crippen molar-refractivity contribution in [3.8, 4) is 0 Å². The molecule has 0 aromatic rings. The summed E-state index contributed by atoms with van der Waals surface area (Å²) >= 11 is 0. The molecule has 3 heteroatoms. The molecule has 3 nitrogen and oxygen atoms in total. The molecule has 1 saturated carbocycles. The first-order valence-electron chi connectivity index (χ1n) is 8.21. The van der Waals surface area contributed by atoms with Crippen LogP contribution < -0.4 is 5.32 Å². The molecule has 0 aliphatic heterocycles. The molecule has 0 aromatic carbocycles. The maximum Gasteiger partial charge on any atom is 0.317 e. The van der Waals surface area contributed by atoms with Gasteiger partial charge < -0.3 is 10.2 Å². The molecule has 1 aliphatic rings. The third-order valence-corrected chi connectivity index (χ3v) is 4.34. The molecule has 0 spiro atoms. The zero-order valence-electron chi connectivity index (χ0n) is 13.1. The molecule has 0 radical (unpaired) electrons. The minimum atomic E-state index is 0.123. The van der Waals surface area contributed by atoms with E-state index in [9.17, 15) is 4.79 Å². The van der Waals surface area contributed by atoms with Gasteiger partial charge in [-0.25, -0.2) is 4.79 Å². The molecule has 2 amide bonds. The van der Waals surface area contributed by atoms with Crippen molar-refractivity contribution < 1.29 is 4.79 Å². The van der Waals surface area contributed by atoms with E-state index < -0.39 is 0 Å². The maximum absolute atomic E-state index is 12.2. The Hall–Kier alpha value is -0.730. The molecular formula is C16H32N2O. The molecular weight excluding hydrogens is 236 g/mol. The van der Waals surface area contributed by atoms with Gasteiger partial charge in [-0.15, -0.1) is 0 Å². The summed E-state index contributed by atoms with van der Waals surface area (Å²) in [6.45, 7) is 5.39. The minimum absolute atomic E-state index is 0.123. The summed E-state index contributed by atoms with van der Waals surface area (Å²) < 4.78 is 0. The summed E-state index contributed by atoms with van der Waals surface area (Å²) in [5.74, 6) is 0.724. The van der Waals surface area contributed by atoms with Crippen LogP contribution in [0.4, 0.5) is 4.79 Å². The molecule has 0 heterocycles. The Morgan fingerprint density at radius 3 is 2.21 bits per heavy atom. The molecule has 19 heavy (non-hydrogen) atoms. The van der Waals surface area contributed by atoms with Crippen molar-refractivity contribution in [2.45, 2.75) is 77.7 Å². The van der Waals surface area contributed by atoms with E-state index in [4.69, 9.17) is 0 Å². The molecule has 1 N–H and O–H groups in total. The van der Waals surface area contributed by atoms with Crippen LogP contribution in [0.25, 0.3) is 0 Å². The van der Waals surface area contributed by atoms with Crippen LogP contribution in [-0.4, -0.2) is 30.6 Å². The lowest BCUT2D eigenvalue weighted by Gasteiger charge is -2.35. The van der Waals surface area contributed by atoms with E-state index in [0.29, 0.717) is 6.04 Å². The average Bonchev–Trinajstić information content (AvgIpc) is 2.45. The lowest BCUT2D eigenvalue weighted by atomic mass is 9.88. The van der Waals surface area contributed by atoms with Gasteiger partial charge in [-0.05, 0) is 31.6 Å². The Labute approximate surface area is 119 Å². The zero-order chi connectivity index (χ0) is 14.1. The Morgan fingerprint density at radius 1 is 1.16 bits per heavy atom. The fraction of sp³-hybridized carbons (Fsp3) is 0.938. The van der Waals surface area contributed by atoms with Gasteiger partial charge in [0.1, 0.15) is 0 Å². The number of amides is 2. The van der Waals surface area contributed by atoms with Crippen molar-refractivity contribution in [3.63, 3.8) is 0 Å². The average molecular weight is 268 g/mol. The lowest BCUT2D eigenvalue weighted by Crippen LogP contribution is -2.47. The van der Waals surface area contributed by atoms with Crippen LogP contribution in [0.15, 0.2) is 0 Å². The first-order chi connectivity index (χ1) is 9.22. The van der Waals surface area contributed by atoms with Crippen LogP contribution in [0.1, 0.15) is 71.6 Å². The van der Waals surface area contributed by atoms with Gasteiger partial charge in [0.15, 0.2) is 0 Å². The Morgan fingerprint density at radius 2 is 1.74 bits per heavy atom. The largest absolute Gasteiger partial charge is 0.341 e. The fourth-order valence-corrected chi connectivity index (χ4v) is 3.31. The summed E-state index contributed by atoms with van der Waals surface area (Å²) in [5, 5.41) is 2.84. The van der Waals surface area contributed by atoms with E-state index in [0.717, 1.165) is 38.1 Å². The third-order valence-electron chi connectivity index (χ3n) is 4.34. The minimum Gasteiger partial charge on any atom is -0.341 e. The second-order valence-electron chi connectivity index (χ2n) is 5.94. The fourth-order valence-electron chi connectivity index (χ4n) is 3.31. The molecule has 0 atom stereocenters. The van der Waals surface area contributed by atoms with Crippen molar-refractivity contribution in [2.75, 3.05) is 13.6 Å². The van der Waals surface area contributed by atoms with Crippen LogP contribution in [0.3, 0.4) is 0 Å². The van der Waals surface area contributed by atoms with Gasteiger partial charge in [0.05, 0.1) is 0 Å². The number of rotatable bonds is 7. The van der Waals surface area contributed by atoms with Gasteiger partial charge >= 0.3 is 6.03 Å². The second-order valence-corrected chi connectivity index (χ2v) is 5.94.